The number of nitrogens with one attached hydrogen (secondary N) is 1. The number of hydrogen-bond acceptors (Lipinski definition) is 5. The first-order chi connectivity index (χ1) is 13.5. The van der Waals surface area contributed by atoms with Gasteiger partial charge in [0, 0.05) is 0 Å². The first-order valence-electron chi connectivity index (χ1n) is 8.47. The fraction of sp³-hybridized carbons (Fsp3) is 0.0500. The molecule has 2 aromatic carbocycles. The van der Waals surface area contributed by atoms with Crippen LogP contribution in [0.5, 0.6) is 0 Å². The lowest BCUT2D eigenvalue weighted by Crippen LogP contribution is -2.19. The second kappa shape index (κ2) is 7.32. The molecule has 2 heterocycles. The molecule has 8 heteroatoms. The Morgan fingerprint density at radius 1 is 1.18 bits per heavy atom. The minimum atomic E-state index is -0.325. The van der Waals surface area contributed by atoms with Gasteiger partial charge in [0.05, 0.1) is 16.3 Å². The van der Waals surface area contributed by atoms with Crippen molar-refractivity contribution in [3.8, 4) is 5.69 Å². The van der Waals surface area contributed by atoms with Crippen LogP contribution in [0.3, 0.4) is 0 Å². The van der Waals surface area contributed by atoms with E-state index in [1.807, 2.05) is 37.3 Å². The van der Waals surface area contributed by atoms with Crippen molar-refractivity contribution in [2.45, 2.75) is 6.92 Å². The Morgan fingerprint density at radius 3 is 2.61 bits per heavy atom. The molecule has 3 N–H and O–H groups in total. The maximum Gasteiger partial charge on any atom is 0.264 e. The molecule has 4 rings (SSSR count). The van der Waals surface area contributed by atoms with Crippen LogP contribution in [0.25, 0.3) is 11.8 Å². The molecule has 28 heavy (non-hydrogen) atoms. The van der Waals surface area contributed by atoms with Crippen LogP contribution in [0, 0.1) is 12.7 Å². The minimum Gasteiger partial charge on any atom is -0.382 e. The Bertz CT molecular complexity index is 1100. The predicted molar refractivity (Wildman–Crippen MR) is 110 cm³/mol. The number of nitrogen functional groups attached to an aromatic ring is 1. The second-order valence-electron chi connectivity index (χ2n) is 6.10. The number of carbonyl (C=O) groups is 1. The highest BCUT2D eigenvalue weighted by Crippen LogP contribution is 2.33. The van der Waals surface area contributed by atoms with Crippen LogP contribution >= 0.6 is 11.8 Å². The zero-order valence-corrected chi connectivity index (χ0v) is 15.7. The highest BCUT2D eigenvalue weighted by Gasteiger charge is 2.25. The minimum absolute atomic E-state index is 0.264. The first kappa shape index (κ1) is 18.0. The van der Waals surface area contributed by atoms with Gasteiger partial charge in [-0.2, -0.15) is 5.10 Å². The van der Waals surface area contributed by atoms with Gasteiger partial charge < -0.3 is 11.1 Å². The molecule has 1 fully saturated rings. The van der Waals surface area contributed by atoms with Gasteiger partial charge in [-0.05, 0) is 54.6 Å². The van der Waals surface area contributed by atoms with Crippen LogP contribution in [0.2, 0.25) is 0 Å². The molecule has 1 aliphatic heterocycles. The Kier molecular flexibility index (Phi) is 4.70. The zero-order chi connectivity index (χ0) is 19.7. The third-order valence-corrected chi connectivity index (χ3v) is 5.01. The average Bonchev–Trinajstić information content (AvgIpc) is 3.18. The summed E-state index contributed by atoms with van der Waals surface area (Å²) in [5.41, 5.74) is 8.96. The van der Waals surface area contributed by atoms with Crippen molar-refractivity contribution in [1.29, 1.82) is 0 Å². The Balaban J connectivity index is 1.63. The molecule has 0 unspecified atom stereocenters. The molecule has 1 aromatic heterocycles. The molecule has 3 aromatic rings. The Hall–Kier alpha value is -3.39. The number of amidine groups is 1. The summed E-state index contributed by atoms with van der Waals surface area (Å²) in [5, 5.41) is 7.59. The molecule has 0 radical (unpaired) electrons. The summed E-state index contributed by atoms with van der Waals surface area (Å²) in [6.45, 7) is 1.81. The Labute approximate surface area is 165 Å². The molecule has 140 valence electrons. The number of para-hydroxylation sites is 1. The largest absolute Gasteiger partial charge is 0.382 e. The van der Waals surface area contributed by atoms with Crippen molar-refractivity contribution in [2.24, 2.45) is 4.99 Å². The molecule has 0 aliphatic carbocycles. The molecular formula is C20H16FN5OS. The standard InChI is InChI=1S/C20H16FN5OS/c1-12-17(18(22)26(25-12)15-5-3-2-4-6-15)23-20-24-19(27)16(28-20)11-13-7-9-14(21)10-8-13/h2-11H,22H2,1H3,(H,23,24,27)/b16-11-. The summed E-state index contributed by atoms with van der Waals surface area (Å²) in [6.07, 6.45) is 1.69. The smallest absolute Gasteiger partial charge is 0.264 e. The van der Waals surface area contributed by atoms with Gasteiger partial charge in [-0.15, -0.1) is 0 Å². The van der Waals surface area contributed by atoms with Crippen molar-refractivity contribution in [3.63, 3.8) is 0 Å². The van der Waals surface area contributed by atoms with E-state index < -0.39 is 0 Å². The van der Waals surface area contributed by atoms with E-state index in [4.69, 9.17) is 5.73 Å². The third kappa shape index (κ3) is 3.54. The number of thioether (sulfide) groups is 1. The van der Waals surface area contributed by atoms with Crippen LogP contribution in [0.15, 0.2) is 64.5 Å². The molecular weight excluding hydrogens is 377 g/mol. The lowest BCUT2D eigenvalue weighted by atomic mass is 10.2. The number of hydrogen-bond donors (Lipinski definition) is 2. The van der Waals surface area contributed by atoms with E-state index in [0.29, 0.717) is 27.3 Å². The number of aryl methyl sites for hydroxylation is 1. The monoisotopic (exact) mass is 393 g/mol. The van der Waals surface area contributed by atoms with E-state index in [-0.39, 0.29) is 11.7 Å². The number of anilines is 1. The summed E-state index contributed by atoms with van der Waals surface area (Å²) in [4.78, 5) is 17.2. The quantitative estimate of drug-likeness (QED) is 0.663. The van der Waals surface area contributed by atoms with Gasteiger partial charge >= 0.3 is 0 Å². The van der Waals surface area contributed by atoms with Crippen molar-refractivity contribution < 1.29 is 9.18 Å². The number of aromatic nitrogens is 2. The number of halogens is 1. The molecule has 1 amide bonds. The summed E-state index contributed by atoms with van der Waals surface area (Å²) in [5.74, 6) is -0.198. The summed E-state index contributed by atoms with van der Waals surface area (Å²) < 4.78 is 14.7. The van der Waals surface area contributed by atoms with E-state index in [1.54, 1.807) is 22.9 Å². The molecule has 1 saturated heterocycles. The predicted octanol–water partition coefficient (Wildman–Crippen LogP) is 3.79. The number of nitrogens with zero attached hydrogens (tertiary/aromatic N) is 3. The molecule has 0 bridgehead atoms. The van der Waals surface area contributed by atoms with Crippen LogP contribution in [-0.2, 0) is 4.79 Å². The summed E-state index contributed by atoms with van der Waals surface area (Å²) in [6, 6.07) is 15.4. The summed E-state index contributed by atoms with van der Waals surface area (Å²) >= 11 is 1.20. The number of nitrogens with two attached hydrogens (primary N) is 1. The molecule has 0 atom stereocenters. The molecule has 0 saturated carbocycles. The normalized spacial score (nSPS) is 16.7. The van der Waals surface area contributed by atoms with E-state index >= 15 is 0 Å². The fourth-order valence-electron chi connectivity index (χ4n) is 2.73. The molecule has 6 nitrogen and oxygen atoms in total. The van der Waals surface area contributed by atoms with Crippen LogP contribution in [-0.4, -0.2) is 20.9 Å². The highest BCUT2D eigenvalue weighted by molar-refractivity contribution is 8.18. The first-order valence-corrected chi connectivity index (χ1v) is 9.28. The number of carbonyl (C=O) groups excluding carboxylic acids is 1. The van der Waals surface area contributed by atoms with Crippen molar-refractivity contribution >= 4 is 40.4 Å². The van der Waals surface area contributed by atoms with Gasteiger partial charge in [0.1, 0.15) is 11.5 Å². The Morgan fingerprint density at radius 2 is 1.89 bits per heavy atom. The number of rotatable bonds is 3. The van der Waals surface area contributed by atoms with Gasteiger partial charge in [-0.25, -0.2) is 14.1 Å². The zero-order valence-electron chi connectivity index (χ0n) is 14.9. The number of amides is 1. The van der Waals surface area contributed by atoms with Gasteiger partial charge in [-0.3, -0.25) is 4.79 Å². The van der Waals surface area contributed by atoms with Crippen LogP contribution in [0.1, 0.15) is 11.3 Å². The van der Waals surface area contributed by atoms with E-state index in [1.165, 1.54) is 23.9 Å². The maximum absolute atomic E-state index is 13.0. The van der Waals surface area contributed by atoms with Crippen molar-refractivity contribution in [2.75, 3.05) is 5.73 Å². The maximum atomic E-state index is 13.0. The second-order valence-corrected chi connectivity index (χ2v) is 7.13. The number of aliphatic imine (C=N–C) groups is 1. The topological polar surface area (TPSA) is 85.3 Å². The van der Waals surface area contributed by atoms with Gasteiger partial charge in [0.15, 0.2) is 11.0 Å². The van der Waals surface area contributed by atoms with Gasteiger partial charge in [0.2, 0.25) is 0 Å². The van der Waals surface area contributed by atoms with Crippen molar-refractivity contribution in [3.05, 3.63) is 76.6 Å². The lowest BCUT2D eigenvalue weighted by molar-refractivity contribution is -0.115. The highest BCUT2D eigenvalue weighted by atomic mass is 32.2. The van der Waals surface area contributed by atoms with E-state index in [2.05, 4.69) is 15.4 Å². The lowest BCUT2D eigenvalue weighted by Gasteiger charge is -2.03. The van der Waals surface area contributed by atoms with Crippen LogP contribution < -0.4 is 11.1 Å². The van der Waals surface area contributed by atoms with Crippen molar-refractivity contribution in [1.82, 2.24) is 15.1 Å². The molecule has 0 spiro atoms. The SMILES string of the molecule is Cc1nn(-c2ccccc2)c(N)c1N=C1NC(=O)/C(=C/c2ccc(F)cc2)S1. The van der Waals surface area contributed by atoms with Crippen LogP contribution in [0.4, 0.5) is 15.9 Å². The summed E-state index contributed by atoms with van der Waals surface area (Å²) in [7, 11) is 0. The molecule has 1 aliphatic rings. The fourth-order valence-corrected chi connectivity index (χ4v) is 3.56. The third-order valence-electron chi connectivity index (χ3n) is 4.10. The van der Waals surface area contributed by atoms with E-state index in [9.17, 15) is 9.18 Å². The number of benzene rings is 2. The van der Waals surface area contributed by atoms with Gasteiger partial charge in [0.25, 0.3) is 5.91 Å². The van der Waals surface area contributed by atoms with Gasteiger partial charge in [-0.1, -0.05) is 30.3 Å². The van der Waals surface area contributed by atoms with E-state index in [0.717, 1.165) is 11.3 Å². The average molecular weight is 393 g/mol.